The first-order chi connectivity index (χ1) is 7.98. The van der Waals surface area contributed by atoms with Crippen molar-refractivity contribution in [2.24, 2.45) is 0 Å². The third-order valence-corrected chi connectivity index (χ3v) is 3.83. The summed E-state index contributed by atoms with van der Waals surface area (Å²) in [6.45, 7) is 5.83. The van der Waals surface area contributed by atoms with Crippen LogP contribution in [-0.4, -0.2) is 24.8 Å². The molecule has 1 saturated heterocycles. The molecule has 1 heterocycles. The maximum absolute atomic E-state index is 6.16. The Morgan fingerprint density at radius 2 is 2.18 bits per heavy atom. The topological polar surface area (TPSA) is 21.3 Å². The molecule has 1 aromatic carbocycles. The fourth-order valence-corrected chi connectivity index (χ4v) is 2.31. The van der Waals surface area contributed by atoms with Gasteiger partial charge in [-0.05, 0) is 25.5 Å². The number of hydrogen-bond donors (Lipinski definition) is 1. The highest BCUT2D eigenvalue weighted by Gasteiger charge is 2.27. The van der Waals surface area contributed by atoms with E-state index in [1.54, 1.807) is 6.07 Å². The summed E-state index contributed by atoms with van der Waals surface area (Å²) in [4.78, 5) is 0. The molecule has 0 amide bonds. The lowest BCUT2D eigenvalue weighted by atomic mass is 10.0. The van der Waals surface area contributed by atoms with Crippen LogP contribution in [0.5, 0.6) is 0 Å². The molecule has 17 heavy (non-hydrogen) atoms. The normalized spacial score (nSPS) is 23.6. The minimum Gasteiger partial charge on any atom is -0.375 e. The summed E-state index contributed by atoms with van der Waals surface area (Å²) in [6.07, 6.45) is 0.960. The Kier molecular flexibility index (Phi) is 3.99. The van der Waals surface area contributed by atoms with Crippen molar-refractivity contribution in [2.75, 3.05) is 13.2 Å². The summed E-state index contributed by atoms with van der Waals surface area (Å²) >= 11 is 12.1. The number of benzene rings is 1. The summed E-state index contributed by atoms with van der Waals surface area (Å²) in [5.41, 5.74) is 1.11. The molecule has 1 aromatic rings. The molecule has 1 N–H and O–H groups in total. The molecule has 1 aliphatic heterocycles. The van der Waals surface area contributed by atoms with E-state index >= 15 is 0 Å². The van der Waals surface area contributed by atoms with Crippen LogP contribution in [0.15, 0.2) is 18.2 Å². The van der Waals surface area contributed by atoms with Gasteiger partial charge in [-0.1, -0.05) is 35.3 Å². The molecule has 94 valence electrons. The van der Waals surface area contributed by atoms with E-state index in [1.807, 2.05) is 12.1 Å². The second-order valence-corrected chi connectivity index (χ2v) is 5.90. The van der Waals surface area contributed by atoms with Crippen molar-refractivity contribution in [3.05, 3.63) is 33.8 Å². The third kappa shape index (κ3) is 3.35. The van der Waals surface area contributed by atoms with Gasteiger partial charge in [-0.15, -0.1) is 0 Å². The van der Waals surface area contributed by atoms with E-state index in [1.165, 1.54) is 0 Å². The van der Waals surface area contributed by atoms with Crippen LogP contribution >= 0.6 is 23.2 Å². The van der Waals surface area contributed by atoms with Crippen molar-refractivity contribution < 1.29 is 4.74 Å². The van der Waals surface area contributed by atoms with E-state index in [9.17, 15) is 0 Å². The second kappa shape index (κ2) is 5.15. The van der Waals surface area contributed by atoms with Crippen LogP contribution in [-0.2, 0) is 11.2 Å². The molecule has 1 atom stereocenters. The van der Waals surface area contributed by atoms with Crippen molar-refractivity contribution in [1.29, 1.82) is 0 Å². The molecule has 2 nitrogen and oxygen atoms in total. The molecule has 0 aliphatic carbocycles. The quantitative estimate of drug-likeness (QED) is 0.893. The van der Waals surface area contributed by atoms with Crippen LogP contribution in [0.1, 0.15) is 19.4 Å². The average Bonchev–Trinajstić information content (AvgIpc) is 2.27. The number of nitrogens with one attached hydrogen (secondary N) is 1. The molecule has 0 spiro atoms. The monoisotopic (exact) mass is 273 g/mol. The molecule has 0 radical (unpaired) electrons. The highest BCUT2D eigenvalue weighted by atomic mass is 35.5. The Balaban J connectivity index is 2.00. The first-order valence-corrected chi connectivity index (χ1v) is 6.53. The van der Waals surface area contributed by atoms with E-state index in [0.29, 0.717) is 10.0 Å². The van der Waals surface area contributed by atoms with Gasteiger partial charge in [0.25, 0.3) is 0 Å². The predicted molar refractivity (Wildman–Crippen MR) is 72.0 cm³/mol. The third-order valence-electron chi connectivity index (χ3n) is 2.97. The van der Waals surface area contributed by atoms with E-state index in [2.05, 4.69) is 19.2 Å². The van der Waals surface area contributed by atoms with Gasteiger partial charge in [-0.3, -0.25) is 0 Å². The highest BCUT2D eigenvalue weighted by molar-refractivity contribution is 6.42. The first-order valence-electron chi connectivity index (χ1n) is 5.77. The van der Waals surface area contributed by atoms with Gasteiger partial charge in [-0.2, -0.15) is 0 Å². The van der Waals surface area contributed by atoms with Gasteiger partial charge in [0.05, 0.1) is 22.8 Å². The summed E-state index contributed by atoms with van der Waals surface area (Å²) in [5.74, 6) is 0. The Morgan fingerprint density at radius 3 is 2.82 bits per heavy atom. The van der Waals surface area contributed by atoms with Crippen molar-refractivity contribution >= 4 is 23.2 Å². The van der Waals surface area contributed by atoms with Gasteiger partial charge < -0.3 is 10.1 Å². The lowest BCUT2D eigenvalue weighted by molar-refractivity contribution is -0.0206. The van der Waals surface area contributed by atoms with Gasteiger partial charge in [0.1, 0.15) is 0 Å². The molecule has 2 rings (SSSR count). The number of halogens is 2. The fraction of sp³-hybridized carbons (Fsp3) is 0.538. The minimum absolute atomic E-state index is 0.0641. The minimum atomic E-state index is 0.0641. The van der Waals surface area contributed by atoms with E-state index in [4.69, 9.17) is 27.9 Å². The summed E-state index contributed by atoms with van der Waals surface area (Å²) < 4.78 is 5.83. The summed E-state index contributed by atoms with van der Waals surface area (Å²) in [7, 11) is 0. The van der Waals surface area contributed by atoms with Crippen LogP contribution in [0.25, 0.3) is 0 Å². The summed E-state index contributed by atoms with van der Waals surface area (Å²) in [6, 6.07) is 5.72. The number of rotatable bonds is 2. The molecule has 0 bridgehead atoms. The van der Waals surface area contributed by atoms with Crippen LogP contribution in [0.4, 0.5) is 0 Å². The smallest absolute Gasteiger partial charge is 0.0741 e. The second-order valence-electron chi connectivity index (χ2n) is 5.11. The molecule has 0 aromatic heterocycles. The lowest BCUT2D eigenvalue weighted by Gasteiger charge is -2.36. The lowest BCUT2D eigenvalue weighted by Crippen LogP contribution is -2.53. The van der Waals surface area contributed by atoms with Crippen LogP contribution in [0.2, 0.25) is 10.0 Å². The van der Waals surface area contributed by atoms with Gasteiger partial charge in [-0.25, -0.2) is 0 Å². The summed E-state index contributed by atoms with van der Waals surface area (Å²) in [5, 5.41) is 4.71. The molecule has 1 unspecified atom stereocenters. The van der Waals surface area contributed by atoms with Crippen molar-refractivity contribution in [2.45, 2.75) is 31.9 Å². The maximum Gasteiger partial charge on any atom is 0.0741 e. The molecular weight excluding hydrogens is 257 g/mol. The van der Waals surface area contributed by atoms with Crippen LogP contribution in [0, 0.1) is 0 Å². The Labute approximate surface area is 112 Å². The average molecular weight is 274 g/mol. The van der Waals surface area contributed by atoms with E-state index in [0.717, 1.165) is 25.1 Å². The van der Waals surface area contributed by atoms with Gasteiger partial charge >= 0.3 is 0 Å². The molecule has 0 saturated carbocycles. The van der Waals surface area contributed by atoms with Crippen molar-refractivity contribution in [1.82, 2.24) is 5.32 Å². The number of ether oxygens (including phenoxy) is 1. The van der Waals surface area contributed by atoms with Crippen LogP contribution in [0.3, 0.4) is 0 Å². The van der Waals surface area contributed by atoms with Crippen LogP contribution < -0.4 is 5.32 Å². The van der Waals surface area contributed by atoms with Gasteiger partial charge in [0, 0.05) is 18.5 Å². The zero-order valence-electron chi connectivity index (χ0n) is 10.1. The number of hydrogen-bond acceptors (Lipinski definition) is 2. The van der Waals surface area contributed by atoms with E-state index in [-0.39, 0.29) is 11.6 Å². The Morgan fingerprint density at radius 1 is 1.41 bits per heavy atom. The predicted octanol–water partition coefficient (Wildman–Crippen LogP) is 3.30. The van der Waals surface area contributed by atoms with Gasteiger partial charge in [0.2, 0.25) is 0 Å². The standard InChI is InChI=1S/C13H17Cl2NO/c1-13(2)8-17-10(7-16-13)6-9-4-3-5-11(14)12(9)15/h3-5,10,16H,6-8H2,1-2H3. The van der Waals surface area contributed by atoms with E-state index < -0.39 is 0 Å². The molecular formula is C13H17Cl2NO. The fourth-order valence-electron chi connectivity index (χ4n) is 1.91. The highest BCUT2D eigenvalue weighted by Crippen LogP contribution is 2.27. The van der Waals surface area contributed by atoms with Crippen molar-refractivity contribution in [3.8, 4) is 0 Å². The Hall–Kier alpha value is -0.280. The first kappa shape index (κ1) is 13.2. The SMILES string of the molecule is CC1(C)COC(Cc2cccc(Cl)c2Cl)CN1. The Bertz CT molecular complexity index is 396. The maximum atomic E-state index is 6.16. The van der Waals surface area contributed by atoms with Gasteiger partial charge in [0.15, 0.2) is 0 Å². The zero-order chi connectivity index (χ0) is 12.5. The molecule has 4 heteroatoms. The molecule has 1 fully saturated rings. The number of morpholine rings is 1. The molecule has 1 aliphatic rings. The largest absolute Gasteiger partial charge is 0.375 e. The van der Waals surface area contributed by atoms with Crippen molar-refractivity contribution in [3.63, 3.8) is 0 Å². The zero-order valence-corrected chi connectivity index (χ0v) is 11.6.